The van der Waals surface area contributed by atoms with Crippen molar-refractivity contribution in [2.75, 3.05) is 0 Å². The number of nitrogens with zero attached hydrogens (tertiary/aromatic N) is 2. The second-order valence-corrected chi connectivity index (χ2v) is 5.83. The average molecular weight is 350 g/mol. The number of alkyl halides is 4. The molecule has 0 spiro atoms. The Hall–Kier alpha value is -2.36. The molecule has 2 rings (SSSR count). The summed E-state index contributed by atoms with van der Waals surface area (Å²) in [6.45, 7) is 3.49. The molecule has 0 aliphatic carbocycles. The molecule has 0 radical (unpaired) electrons. The first-order valence-electron chi connectivity index (χ1n) is 6.05. The summed E-state index contributed by atoms with van der Waals surface area (Å²) in [5.41, 5.74) is 0.620. The van der Waals surface area contributed by atoms with Crippen LogP contribution in [0.5, 0.6) is 6.01 Å². The Morgan fingerprint density at radius 2 is 1.87 bits per heavy atom. The highest BCUT2D eigenvalue weighted by Gasteiger charge is 2.45. The second kappa shape index (κ2) is 6.03. The highest BCUT2D eigenvalue weighted by Crippen LogP contribution is 2.33. The first-order chi connectivity index (χ1) is 10.7. The summed E-state index contributed by atoms with van der Waals surface area (Å²) >= 11 is 0. The van der Waals surface area contributed by atoms with Crippen molar-refractivity contribution in [2.24, 2.45) is 0 Å². The van der Waals surface area contributed by atoms with Crippen LogP contribution < -0.4 is 4.18 Å². The van der Waals surface area contributed by atoms with Gasteiger partial charge in [-0.15, -0.1) is 0 Å². The van der Waals surface area contributed by atoms with E-state index in [4.69, 9.17) is 0 Å². The van der Waals surface area contributed by atoms with Crippen LogP contribution in [0.4, 0.5) is 17.6 Å². The molecule has 5 nitrogen and oxygen atoms in total. The topological polar surface area (TPSA) is 61.2 Å². The fourth-order valence-corrected chi connectivity index (χ4v) is 2.49. The van der Waals surface area contributed by atoms with Gasteiger partial charge in [-0.25, -0.2) is 18.3 Å². The molecule has 124 valence electrons. The standard InChI is InChI=1S/C13H10F4N2O3S/c1-2-9-3-5-10(6-4-9)23(20,21)22-12-18-7-8-19(12)13(16,17)11(14)15/h2-8,11H,1H2. The molecule has 0 bridgehead atoms. The van der Waals surface area contributed by atoms with E-state index in [9.17, 15) is 26.0 Å². The number of benzene rings is 1. The van der Waals surface area contributed by atoms with Crippen LogP contribution in [0, 0.1) is 0 Å². The predicted octanol–water partition coefficient (Wildman–Crippen LogP) is 3.11. The van der Waals surface area contributed by atoms with Crippen LogP contribution in [-0.2, 0) is 16.2 Å². The Kier molecular flexibility index (Phi) is 4.46. The minimum absolute atomic E-state index is 0.340. The van der Waals surface area contributed by atoms with Crippen LogP contribution in [-0.4, -0.2) is 24.4 Å². The predicted molar refractivity (Wildman–Crippen MR) is 72.8 cm³/mol. The third kappa shape index (κ3) is 3.36. The van der Waals surface area contributed by atoms with Gasteiger partial charge in [0.15, 0.2) is 0 Å². The van der Waals surface area contributed by atoms with Gasteiger partial charge < -0.3 is 4.18 Å². The maximum Gasteiger partial charge on any atom is 0.393 e. The SMILES string of the molecule is C=Cc1ccc(S(=O)(=O)Oc2nccn2C(F)(F)C(F)F)cc1. The van der Waals surface area contributed by atoms with E-state index in [0.717, 1.165) is 18.3 Å². The third-order valence-electron chi connectivity index (χ3n) is 2.78. The van der Waals surface area contributed by atoms with Gasteiger partial charge in [0.1, 0.15) is 4.90 Å². The van der Waals surface area contributed by atoms with E-state index in [0.29, 0.717) is 11.8 Å². The van der Waals surface area contributed by atoms with Crippen LogP contribution in [0.15, 0.2) is 48.1 Å². The summed E-state index contributed by atoms with van der Waals surface area (Å²) < 4.78 is 79.6. The van der Waals surface area contributed by atoms with Gasteiger partial charge in [-0.2, -0.15) is 17.2 Å². The highest BCUT2D eigenvalue weighted by atomic mass is 32.2. The quantitative estimate of drug-likeness (QED) is 0.593. The van der Waals surface area contributed by atoms with E-state index in [1.165, 1.54) is 18.2 Å². The minimum atomic E-state index is -4.66. The molecule has 1 aromatic heterocycles. The van der Waals surface area contributed by atoms with E-state index in [2.05, 4.69) is 15.7 Å². The molecular weight excluding hydrogens is 340 g/mol. The fourth-order valence-electron chi connectivity index (χ4n) is 1.60. The molecule has 10 heteroatoms. The molecular formula is C13H10F4N2O3S. The molecule has 1 aromatic carbocycles. The van der Waals surface area contributed by atoms with Crippen LogP contribution in [0.3, 0.4) is 0 Å². The Bertz CT molecular complexity index is 801. The summed E-state index contributed by atoms with van der Waals surface area (Å²) in [5.74, 6) is 0. The van der Waals surface area contributed by atoms with Gasteiger partial charge in [-0.1, -0.05) is 24.8 Å². The van der Waals surface area contributed by atoms with Crippen LogP contribution in [0.2, 0.25) is 0 Å². The maximum atomic E-state index is 13.3. The number of rotatable bonds is 6. The number of halogens is 4. The zero-order valence-corrected chi connectivity index (χ0v) is 12.2. The molecule has 0 unspecified atom stereocenters. The largest absolute Gasteiger partial charge is 0.393 e. The lowest BCUT2D eigenvalue weighted by molar-refractivity contribution is -0.191. The first kappa shape index (κ1) is 17.0. The molecule has 0 amide bonds. The Morgan fingerprint density at radius 3 is 2.39 bits per heavy atom. The second-order valence-electron chi connectivity index (χ2n) is 4.28. The molecule has 0 saturated heterocycles. The summed E-state index contributed by atoms with van der Waals surface area (Å²) in [7, 11) is -4.51. The molecule has 0 atom stereocenters. The summed E-state index contributed by atoms with van der Waals surface area (Å²) in [4.78, 5) is 2.89. The third-order valence-corrected chi connectivity index (χ3v) is 4.00. The Balaban J connectivity index is 2.35. The van der Waals surface area contributed by atoms with Gasteiger partial charge in [-0.3, -0.25) is 0 Å². The molecule has 0 aliphatic rings. The highest BCUT2D eigenvalue weighted by molar-refractivity contribution is 7.87. The molecule has 0 fully saturated rings. The van der Waals surface area contributed by atoms with Crippen molar-refractivity contribution in [3.05, 3.63) is 48.8 Å². The van der Waals surface area contributed by atoms with Gasteiger partial charge in [0.2, 0.25) is 0 Å². The molecule has 0 saturated carbocycles. The van der Waals surface area contributed by atoms with Gasteiger partial charge >= 0.3 is 28.6 Å². The molecule has 23 heavy (non-hydrogen) atoms. The molecule has 0 aliphatic heterocycles. The summed E-state index contributed by atoms with van der Waals surface area (Å²) in [6, 6.07) is -0.695. The van der Waals surface area contributed by atoms with E-state index in [1.807, 2.05) is 0 Å². The van der Waals surface area contributed by atoms with Crippen LogP contribution in [0.25, 0.3) is 6.08 Å². The van der Waals surface area contributed by atoms with E-state index < -0.39 is 28.6 Å². The number of aromatic nitrogens is 2. The van der Waals surface area contributed by atoms with Crippen molar-refractivity contribution in [1.29, 1.82) is 0 Å². The van der Waals surface area contributed by atoms with Crippen molar-refractivity contribution in [1.82, 2.24) is 9.55 Å². The van der Waals surface area contributed by atoms with Crippen molar-refractivity contribution >= 4 is 16.2 Å². The number of hydrogen-bond acceptors (Lipinski definition) is 4. The monoisotopic (exact) mass is 350 g/mol. The number of imidazole rings is 1. The zero-order chi connectivity index (χ0) is 17.3. The van der Waals surface area contributed by atoms with Gasteiger partial charge in [0, 0.05) is 12.4 Å². The van der Waals surface area contributed by atoms with Crippen molar-refractivity contribution in [3.8, 4) is 6.01 Å². The maximum absolute atomic E-state index is 13.3. The summed E-state index contributed by atoms with van der Waals surface area (Å²) in [6.07, 6.45) is -1.37. The number of hydrogen-bond donors (Lipinski definition) is 0. The first-order valence-corrected chi connectivity index (χ1v) is 7.46. The lowest BCUT2D eigenvalue weighted by Crippen LogP contribution is -2.32. The van der Waals surface area contributed by atoms with E-state index in [1.54, 1.807) is 0 Å². The van der Waals surface area contributed by atoms with Crippen molar-refractivity contribution < 1.29 is 30.2 Å². The lowest BCUT2D eigenvalue weighted by Gasteiger charge is -2.18. The van der Waals surface area contributed by atoms with Crippen LogP contribution in [0.1, 0.15) is 5.56 Å². The van der Waals surface area contributed by atoms with E-state index >= 15 is 0 Å². The zero-order valence-electron chi connectivity index (χ0n) is 11.4. The minimum Gasteiger partial charge on any atom is -0.341 e. The van der Waals surface area contributed by atoms with Crippen LogP contribution >= 0.6 is 0 Å². The Morgan fingerprint density at radius 1 is 1.26 bits per heavy atom. The average Bonchev–Trinajstić information content (AvgIpc) is 2.95. The normalized spacial score (nSPS) is 12.4. The van der Waals surface area contributed by atoms with Crippen molar-refractivity contribution in [2.45, 2.75) is 17.4 Å². The van der Waals surface area contributed by atoms with Gasteiger partial charge in [0.25, 0.3) is 0 Å². The molecule has 2 aromatic rings. The smallest absolute Gasteiger partial charge is 0.341 e. The molecule has 1 heterocycles. The Labute approximate surface area is 129 Å². The fraction of sp³-hybridized carbons (Fsp3) is 0.154. The lowest BCUT2D eigenvalue weighted by atomic mass is 10.2. The van der Waals surface area contributed by atoms with E-state index in [-0.39, 0.29) is 9.46 Å². The van der Waals surface area contributed by atoms with Gasteiger partial charge in [0.05, 0.1) is 0 Å². The van der Waals surface area contributed by atoms with Crippen molar-refractivity contribution in [3.63, 3.8) is 0 Å². The summed E-state index contributed by atoms with van der Waals surface area (Å²) in [5, 5.41) is 0. The van der Waals surface area contributed by atoms with Gasteiger partial charge in [-0.05, 0) is 17.7 Å². The molecule has 0 N–H and O–H groups in total.